The van der Waals surface area contributed by atoms with Gasteiger partial charge in [-0.2, -0.15) is 0 Å². The minimum atomic E-state index is -0.976. The fraction of sp³-hybridized carbons (Fsp3) is 0.278. The van der Waals surface area contributed by atoms with Crippen LogP contribution in [-0.4, -0.2) is 43.4 Å². The first-order chi connectivity index (χ1) is 12.1. The van der Waals surface area contributed by atoms with E-state index in [-0.39, 0.29) is 11.7 Å². The monoisotopic (exact) mass is 363 g/mol. The number of piperazine rings is 1. The van der Waals surface area contributed by atoms with Crippen LogP contribution in [0.1, 0.15) is 0 Å². The van der Waals surface area contributed by atoms with Gasteiger partial charge in [-0.3, -0.25) is 0 Å². The number of halogens is 2. The molecule has 1 aliphatic rings. The van der Waals surface area contributed by atoms with Crippen LogP contribution >= 0.6 is 11.8 Å². The fourth-order valence-electron chi connectivity index (χ4n) is 2.82. The predicted molar refractivity (Wildman–Crippen MR) is 97.4 cm³/mol. The van der Waals surface area contributed by atoms with E-state index in [1.54, 1.807) is 16.7 Å². The van der Waals surface area contributed by atoms with Crippen LogP contribution in [-0.2, 0) is 0 Å². The highest BCUT2D eigenvalue weighted by Crippen LogP contribution is 2.29. The van der Waals surface area contributed by atoms with Gasteiger partial charge in [-0.15, -0.1) is 11.8 Å². The molecule has 1 heterocycles. The molecule has 7 heteroatoms. The topological polar surface area (TPSA) is 35.6 Å². The van der Waals surface area contributed by atoms with E-state index in [0.29, 0.717) is 13.1 Å². The molecule has 2 aromatic rings. The number of nitrogens with zero attached hydrogens (tertiary/aromatic N) is 2. The summed E-state index contributed by atoms with van der Waals surface area (Å²) in [6, 6.07) is 11.2. The quantitative estimate of drug-likeness (QED) is 0.836. The van der Waals surface area contributed by atoms with E-state index in [2.05, 4.69) is 22.3 Å². The normalized spacial score (nSPS) is 14.5. The number of benzene rings is 2. The smallest absolute Gasteiger partial charge is 0.321 e. The van der Waals surface area contributed by atoms with Gasteiger partial charge in [0.1, 0.15) is 0 Å². The van der Waals surface area contributed by atoms with Crippen molar-refractivity contribution in [2.45, 2.75) is 4.90 Å². The van der Waals surface area contributed by atoms with E-state index < -0.39 is 11.6 Å². The average molecular weight is 363 g/mol. The molecule has 0 unspecified atom stereocenters. The molecule has 132 valence electrons. The second-order valence-electron chi connectivity index (χ2n) is 5.70. The number of anilines is 2. The Labute approximate surface area is 149 Å². The Morgan fingerprint density at radius 3 is 2.44 bits per heavy atom. The molecule has 0 aromatic heterocycles. The molecule has 1 aliphatic heterocycles. The molecule has 1 N–H and O–H groups in total. The average Bonchev–Trinajstić information content (AvgIpc) is 2.65. The largest absolute Gasteiger partial charge is 0.367 e. The number of hydrogen-bond acceptors (Lipinski definition) is 3. The lowest BCUT2D eigenvalue weighted by molar-refractivity contribution is 0.208. The standard InChI is InChI=1S/C18H19F2N3OS/c1-25-17-5-3-2-4-16(17)22-8-10-23(11-9-22)18(24)21-13-6-7-14(19)15(20)12-13/h2-7,12H,8-11H2,1H3,(H,21,24). The van der Waals surface area contributed by atoms with Gasteiger partial charge in [-0.1, -0.05) is 12.1 Å². The van der Waals surface area contributed by atoms with Crippen LogP contribution in [0.2, 0.25) is 0 Å². The maximum atomic E-state index is 13.2. The zero-order valence-corrected chi connectivity index (χ0v) is 14.7. The first-order valence-electron chi connectivity index (χ1n) is 7.97. The zero-order valence-electron chi connectivity index (χ0n) is 13.8. The number of rotatable bonds is 3. The van der Waals surface area contributed by atoms with E-state index >= 15 is 0 Å². The first kappa shape index (κ1) is 17.5. The summed E-state index contributed by atoms with van der Waals surface area (Å²) in [6.07, 6.45) is 2.05. The van der Waals surface area contributed by atoms with Crippen LogP contribution in [0, 0.1) is 11.6 Å². The summed E-state index contributed by atoms with van der Waals surface area (Å²) in [6.45, 7) is 2.59. The van der Waals surface area contributed by atoms with Crippen molar-refractivity contribution >= 4 is 29.2 Å². The Bertz CT molecular complexity index is 764. The van der Waals surface area contributed by atoms with Gasteiger partial charge < -0.3 is 15.1 Å². The lowest BCUT2D eigenvalue weighted by Gasteiger charge is -2.36. The van der Waals surface area contributed by atoms with E-state index in [1.807, 2.05) is 18.4 Å². The van der Waals surface area contributed by atoms with E-state index in [4.69, 9.17) is 0 Å². The van der Waals surface area contributed by atoms with Crippen LogP contribution in [0.25, 0.3) is 0 Å². The number of thioether (sulfide) groups is 1. The second-order valence-corrected chi connectivity index (χ2v) is 6.55. The molecule has 2 amide bonds. The Morgan fingerprint density at radius 2 is 1.76 bits per heavy atom. The molecule has 0 aliphatic carbocycles. The second kappa shape index (κ2) is 7.74. The molecule has 2 aromatic carbocycles. The van der Waals surface area contributed by atoms with Gasteiger partial charge in [0.25, 0.3) is 0 Å². The van der Waals surface area contributed by atoms with Crippen molar-refractivity contribution in [3.05, 3.63) is 54.1 Å². The molecule has 0 radical (unpaired) electrons. The van der Waals surface area contributed by atoms with Crippen molar-refractivity contribution < 1.29 is 13.6 Å². The SMILES string of the molecule is CSc1ccccc1N1CCN(C(=O)Nc2ccc(F)c(F)c2)CC1. The van der Waals surface area contributed by atoms with Gasteiger partial charge >= 0.3 is 6.03 Å². The summed E-state index contributed by atoms with van der Waals surface area (Å²) in [5.41, 5.74) is 1.43. The summed E-state index contributed by atoms with van der Waals surface area (Å²) < 4.78 is 26.2. The molecule has 0 bridgehead atoms. The van der Waals surface area contributed by atoms with Gasteiger partial charge in [-0.25, -0.2) is 13.6 Å². The highest BCUT2D eigenvalue weighted by atomic mass is 32.2. The van der Waals surface area contributed by atoms with Crippen LogP contribution in [0.5, 0.6) is 0 Å². The number of hydrogen-bond donors (Lipinski definition) is 1. The minimum Gasteiger partial charge on any atom is -0.367 e. The number of carbonyl (C=O) groups is 1. The first-order valence-corrected chi connectivity index (χ1v) is 9.20. The van der Waals surface area contributed by atoms with Gasteiger partial charge in [0.05, 0.1) is 5.69 Å². The third-order valence-corrected chi connectivity index (χ3v) is 4.95. The Morgan fingerprint density at radius 1 is 1.04 bits per heavy atom. The lowest BCUT2D eigenvalue weighted by Crippen LogP contribution is -2.50. The molecule has 0 spiro atoms. The number of carbonyl (C=O) groups excluding carboxylic acids is 1. The zero-order chi connectivity index (χ0) is 17.8. The molecule has 1 fully saturated rings. The van der Waals surface area contributed by atoms with Crippen molar-refractivity contribution in [3.63, 3.8) is 0 Å². The van der Waals surface area contributed by atoms with Crippen LogP contribution in [0.15, 0.2) is 47.4 Å². The Hall–Kier alpha value is -2.28. The number of para-hydroxylation sites is 1. The van der Waals surface area contributed by atoms with Gasteiger partial charge in [-0.05, 0) is 30.5 Å². The summed E-state index contributed by atoms with van der Waals surface area (Å²) in [5.74, 6) is -1.91. The Kier molecular flexibility index (Phi) is 5.43. The molecular weight excluding hydrogens is 344 g/mol. The van der Waals surface area contributed by atoms with Crippen molar-refractivity contribution in [3.8, 4) is 0 Å². The summed E-state index contributed by atoms with van der Waals surface area (Å²) in [7, 11) is 0. The molecule has 25 heavy (non-hydrogen) atoms. The van der Waals surface area contributed by atoms with Crippen molar-refractivity contribution in [2.24, 2.45) is 0 Å². The highest BCUT2D eigenvalue weighted by molar-refractivity contribution is 7.98. The van der Waals surface area contributed by atoms with Crippen molar-refractivity contribution in [1.82, 2.24) is 4.90 Å². The fourth-order valence-corrected chi connectivity index (χ4v) is 3.44. The maximum Gasteiger partial charge on any atom is 0.321 e. The van der Waals surface area contributed by atoms with Gasteiger partial charge in [0, 0.05) is 42.8 Å². The summed E-state index contributed by atoms with van der Waals surface area (Å²) >= 11 is 1.70. The lowest BCUT2D eigenvalue weighted by atomic mass is 10.2. The molecular formula is C18H19F2N3OS. The maximum absolute atomic E-state index is 13.2. The molecule has 0 saturated carbocycles. The van der Waals surface area contributed by atoms with Crippen LogP contribution in [0.4, 0.5) is 25.0 Å². The molecule has 1 saturated heterocycles. The minimum absolute atomic E-state index is 0.249. The third-order valence-electron chi connectivity index (χ3n) is 4.16. The number of urea groups is 1. The molecule has 0 atom stereocenters. The van der Waals surface area contributed by atoms with E-state index in [0.717, 1.165) is 25.2 Å². The number of nitrogens with one attached hydrogen (secondary N) is 1. The predicted octanol–water partition coefficient (Wildman–Crippen LogP) is 4.04. The van der Waals surface area contributed by atoms with E-state index in [1.165, 1.54) is 16.6 Å². The molecule has 3 rings (SSSR count). The molecule has 4 nitrogen and oxygen atoms in total. The van der Waals surface area contributed by atoms with Gasteiger partial charge in [0.2, 0.25) is 0 Å². The Balaban J connectivity index is 1.60. The summed E-state index contributed by atoms with van der Waals surface area (Å²) in [4.78, 5) is 17.5. The van der Waals surface area contributed by atoms with E-state index in [9.17, 15) is 13.6 Å². The van der Waals surface area contributed by atoms with Crippen LogP contribution < -0.4 is 10.2 Å². The van der Waals surface area contributed by atoms with Crippen molar-refractivity contribution in [2.75, 3.05) is 42.7 Å². The third kappa shape index (κ3) is 4.04. The summed E-state index contributed by atoms with van der Waals surface area (Å²) in [5, 5.41) is 2.61. The number of amides is 2. The van der Waals surface area contributed by atoms with Crippen LogP contribution in [0.3, 0.4) is 0 Å². The highest BCUT2D eigenvalue weighted by Gasteiger charge is 2.22. The van der Waals surface area contributed by atoms with Crippen molar-refractivity contribution in [1.29, 1.82) is 0 Å². The van der Waals surface area contributed by atoms with Gasteiger partial charge in [0.15, 0.2) is 11.6 Å².